The van der Waals surface area contributed by atoms with Crippen molar-refractivity contribution in [1.82, 2.24) is 10.2 Å². The van der Waals surface area contributed by atoms with Crippen molar-refractivity contribution >= 4 is 5.91 Å². The molecule has 4 nitrogen and oxygen atoms in total. The van der Waals surface area contributed by atoms with Gasteiger partial charge in [0.25, 0.3) is 5.91 Å². The van der Waals surface area contributed by atoms with E-state index in [0.717, 1.165) is 38.0 Å². The van der Waals surface area contributed by atoms with Gasteiger partial charge in [-0.2, -0.15) is 0 Å². The molecule has 0 saturated carbocycles. The number of carbonyl (C=O) groups is 1. The molecule has 1 fully saturated rings. The molecule has 0 atom stereocenters. The van der Waals surface area contributed by atoms with Crippen LogP contribution in [0, 0.1) is 0 Å². The minimum absolute atomic E-state index is 0.0623. The number of aromatic hydroxyl groups is 1. The molecule has 0 radical (unpaired) electrons. The molecule has 2 rings (SSSR count). The number of nitrogens with zero attached hydrogens (tertiary/aromatic N) is 1. The molecule has 128 valence electrons. The molecular formula is C19H30N2O2. The lowest BCUT2D eigenvalue weighted by Crippen LogP contribution is -2.44. The van der Waals surface area contributed by atoms with Gasteiger partial charge in [-0.15, -0.1) is 0 Å². The van der Waals surface area contributed by atoms with Gasteiger partial charge in [-0.05, 0) is 49.4 Å². The molecule has 1 heterocycles. The summed E-state index contributed by atoms with van der Waals surface area (Å²) in [6, 6.07) is 5.52. The number of likely N-dealkylation sites (tertiary alicyclic amines) is 1. The third-order valence-electron chi connectivity index (χ3n) is 4.68. The Kier molecular flexibility index (Phi) is 6.46. The van der Waals surface area contributed by atoms with Gasteiger partial charge < -0.3 is 15.3 Å². The van der Waals surface area contributed by atoms with Crippen LogP contribution >= 0.6 is 0 Å². The summed E-state index contributed by atoms with van der Waals surface area (Å²) in [5.41, 5.74) is 1.46. The number of hydrogen-bond acceptors (Lipinski definition) is 3. The predicted octanol–water partition coefficient (Wildman–Crippen LogP) is 3.51. The molecular weight excluding hydrogens is 288 g/mol. The van der Waals surface area contributed by atoms with E-state index in [1.807, 2.05) is 12.1 Å². The van der Waals surface area contributed by atoms with E-state index >= 15 is 0 Å². The molecule has 1 amide bonds. The maximum Gasteiger partial charge on any atom is 0.255 e. The van der Waals surface area contributed by atoms with Crippen LogP contribution in [0.3, 0.4) is 0 Å². The van der Waals surface area contributed by atoms with Crippen molar-refractivity contribution in [1.29, 1.82) is 0 Å². The highest BCUT2D eigenvalue weighted by Crippen LogP contribution is 2.23. The van der Waals surface area contributed by atoms with Crippen LogP contribution < -0.4 is 5.32 Å². The molecule has 1 aromatic carbocycles. The zero-order chi connectivity index (χ0) is 16.8. The number of amides is 1. The number of phenols is 1. The smallest absolute Gasteiger partial charge is 0.255 e. The zero-order valence-electron chi connectivity index (χ0n) is 14.6. The first-order valence-corrected chi connectivity index (χ1v) is 8.87. The van der Waals surface area contributed by atoms with Crippen LogP contribution in [-0.2, 0) is 0 Å². The van der Waals surface area contributed by atoms with Crippen LogP contribution in [0.5, 0.6) is 5.75 Å². The van der Waals surface area contributed by atoms with Crippen molar-refractivity contribution in [2.45, 2.75) is 58.4 Å². The van der Waals surface area contributed by atoms with Gasteiger partial charge in [0.15, 0.2) is 0 Å². The molecule has 4 heteroatoms. The lowest BCUT2D eigenvalue weighted by Gasteiger charge is -2.32. The van der Waals surface area contributed by atoms with Crippen molar-refractivity contribution in [3.8, 4) is 5.75 Å². The van der Waals surface area contributed by atoms with E-state index in [0.29, 0.717) is 11.5 Å². The van der Waals surface area contributed by atoms with Gasteiger partial charge in [0.2, 0.25) is 0 Å². The third-order valence-corrected chi connectivity index (χ3v) is 4.68. The summed E-state index contributed by atoms with van der Waals surface area (Å²) in [4.78, 5) is 15.0. The van der Waals surface area contributed by atoms with Crippen molar-refractivity contribution in [2.24, 2.45) is 0 Å². The number of hydrogen-bond donors (Lipinski definition) is 2. The fourth-order valence-electron chi connectivity index (χ4n) is 3.04. The number of rotatable bonds is 6. The van der Waals surface area contributed by atoms with Gasteiger partial charge in [-0.3, -0.25) is 4.79 Å². The van der Waals surface area contributed by atoms with Crippen LogP contribution in [0.2, 0.25) is 0 Å². The fourth-order valence-corrected chi connectivity index (χ4v) is 3.04. The SMILES string of the molecule is CCCCN1CCC(NC(=O)c2cc(C(C)C)ccc2O)CC1. The number of benzene rings is 1. The van der Waals surface area contributed by atoms with Crippen LogP contribution in [0.25, 0.3) is 0 Å². The molecule has 1 aliphatic rings. The monoisotopic (exact) mass is 318 g/mol. The number of nitrogens with one attached hydrogen (secondary N) is 1. The number of piperidine rings is 1. The maximum absolute atomic E-state index is 12.5. The number of unbranched alkanes of at least 4 members (excludes halogenated alkanes) is 1. The summed E-state index contributed by atoms with van der Waals surface area (Å²) in [5, 5.41) is 13.1. The average molecular weight is 318 g/mol. The summed E-state index contributed by atoms with van der Waals surface area (Å²) in [5.74, 6) is 0.244. The average Bonchev–Trinajstić information content (AvgIpc) is 2.54. The first-order chi connectivity index (χ1) is 11.0. The summed E-state index contributed by atoms with van der Waals surface area (Å²) >= 11 is 0. The van der Waals surface area contributed by atoms with Crippen molar-refractivity contribution in [3.63, 3.8) is 0 Å². The fraction of sp³-hybridized carbons (Fsp3) is 0.632. The molecule has 0 bridgehead atoms. The second-order valence-electron chi connectivity index (χ2n) is 6.87. The zero-order valence-corrected chi connectivity index (χ0v) is 14.6. The molecule has 23 heavy (non-hydrogen) atoms. The van der Waals surface area contributed by atoms with Gasteiger partial charge in [0.05, 0.1) is 5.56 Å². The largest absolute Gasteiger partial charge is 0.507 e. The van der Waals surface area contributed by atoms with Crippen molar-refractivity contribution in [2.75, 3.05) is 19.6 Å². The van der Waals surface area contributed by atoms with E-state index in [4.69, 9.17) is 0 Å². The quantitative estimate of drug-likeness (QED) is 0.844. The lowest BCUT2D eigenvalue weighted by molar-refractivity contribution is 0.0908. The van der Waals surface area contributed by atoms with Gasteiger partial charge in [0.1, 0.15) is 5.75 Å². The molecule has 0 aliphatic carbocycles. The van der Waals surface area contributed by atoms with Crippen LogP contribution in [0.1, 0.15) is 68.3 Å². The Morgan fingerprint density at radius 3 is 2.65 bits per heavy atom. The summed E-state index contributed by atoms with van der Waals surface area (Å²) in [6.45, 7) is 9.63. The highest BCUT2D eigenvalue weighted by atomic mass is 16.3. The third kappa shape index (κ3) is 4.96. The normalized spacial score (nSPS) is 16.7. The number of carbonyl (C=O) groups excluding carboxylic acids is 1. The Balaban J connectivity index is 1.91. The van der Waals surface area contributed by atoms with Gasteiger partial charge in [-0.25, -0.2) is 0 Å². The highest BCUT2D eigenvalue weighted by molar-refractivity contribution is 5.97. The molecule has 0 unspecified atom stereocenters. The molecule has 1 aliphatic heterocycles. The second-order valence-corrected chi connectivity index (χ2v) is 6.87. The Hall–Kier alpha value is -1.55. The van der Waals surface area contributed by atoms with E-state index < -0.39 is 0 Å². The topological polar surface area (TPSA) is 52.6 Å². The molecule has 0 spiro atoms. The summed E-state index contributed by atoms with van der Waals surface area (Å²) in [7, 11) is 0. The lowest BCUT2D eigenvalue weighted by atomic mass is 9.99. The molecule has 0 aromatic heterocycles. The van der Waals surface area contributed by atoms with Gasteiger partial charge in [0, 0.05) is 19.1 Å². The predicted molar refractivity (Wildman–Crippen MR) is 94.0 cm³/mol. The summed E-state index contributed by atoms with van der Waals surface area (Å²) < 4.78 is 0. The minimum Gasteiger partial charge on any atom is -0.507 e. The van der Waals surface area contributed by atoms with E-state index in [2.05, 4.69) is 31.0 Å². The molecule has 2 N–H and O–H groups in total. The van der Waals surface area contributed by atoms with E-state index in [9.17, 15) is 9.90 Å². The maximum atomic E-state index is 12.5. The van der Waals surface area contributed by atoms with E-state index in [1.54, 1.807) is 6.07 Å². The number of phenolic OH excluding ortho intramolecular Hbond substituents is 1. The van der Waals surface area contributed by atoms with Crippen LogP contribution in [-0.4, -0.2) is 41.6 Å². The highest BCUT2D eigenvalue weighted by Gasteiger charge is 2.22. The Morgan fingerprint density at radius 2 is 2.04 bits per heavy atom. The summed E-state index contributed by atoms with van der Waals surface area (Å²) in [6.07, 6.45) is 4.44. The van der Waals surface area contributed by atoms with E-state index in [-0.39, 0.29) is 17.7 Å². The Labute approximate surface area is 139 Å². The first-order valence-electron chi connectivity index (χ1n) is 8.87. The second kappa shape index (κ2) is 8.34. The minimum atomic E-state index is -0.156. The van der Waals surface area contributed by atoms with Crippen LogP contribution in [0.15, 0.2) is 18.2 Å². The van der Waals surface area contributed by atoms with Crippen LogP contribution in [0.4, 0.5) is 0 Å². The Bertz CT molecular complexity index is 520. The van der Waals surface area contributed by atoms with Crippen molar-refractivity contribution < 1.29 is 9.90 Å². The van der Waals surface area contributed by atoms with Gasteiger partial charge >= 0.3 is 0 Å². The Morgan fingerprint density at radius 1 is 1.35 bits per heavy atom. The molecule has 1 saturated heterocycles. The van der Waals surface area contributed by atoms with Crippen molar-refractivity contribution in [3.05, 3.63) is 29.3 Å². The first kappa shape index (κ1) is 17.8. The van der Waals surface area contributed by atoms with E-state index in [1.165, 1.54) is 12.8 Å². The van der Waals surface area contributed by atoms with Gasteiger partial charge in [-0.1, -0.05) is 33.3 Å². The molecule has 1 aromatic rings. The standard InChI is InChI=1S/C19H30N2O2/c1-4-5-10-21-11-8-16(9-12-21)20-19(23)17-13-15(14(2)3)6-7-18(17)22/h6-7,13-14,16,22H,4-5,8-12H2,1-3H3,(H,20,23).